The van der Waals surface area contributed by atoms with Crippen LogP contribution < -0.4 is 5.32 Å². The Morgan fingerprint density at radius 2 is 2.17 bits per heavy atom. The molecular formula is C18H25N3O3. The molecule has 2 rings (SSSR count). The topological polar surface area (TPSA) is 85.6 Å². The van der Waals surface area contributed by atoms with Crippen molar-refractivity contribution in [2.45, 2.75) is 38.0 Å². The average molecular weight is 331 g/mol. The number of unbranched alkanes of at least 4 members (excludes halogenated alkanes) is 1. The Morgan fingerprint density at radius 1 is 1.46 bits per heavy atom. The van der Waals surface area contributed by atoms with Gasteiger partial charge >= 0.3 is 0 Å². The maximum atomic E-state index is 12.2. The zero-order valence-corrected chi connectivity index (χ0v) is 14.2. The Balaban J connectivity index is 1.87. The van der Waals surface area contributed by atoms with Gasteiger partial charge in [0.25, 0.3) is 5.91 Å². The predicted molar refractivity (Wildman–Crippen MR) is 90.6 cm³/mol. The third-order valence-corrected chi connectivity index (χ3v) is 4.26. The molecule has 0 radical (unpaired) electrons. The monoisotopic (exact) mass is 331 g/mol. The number of rotatable bonds is 7. The van der Waals surface area contributed by atoms with Crippen LogP contribution >= 0.6 is 0 Å². The number of carbonyl (C=O) groups excluding carboxylic acids is 1. The number of aliphatic hydroxyl groups is 1. The predicted octanol–water partition coefficient (Wildman–Crippen LogP) is 1.15. The molecule has 0 aliphatic carbocycles. The molecule has 1 aliphatic heterocycles. The molecule has 0 saturated carbocycles. The van der Waals surface area contributed by atoms with Crippen LogP contribution in [0.4, 0.5) is 0 Å². The zero-order chi connectivity index (χ0) is 17.5. The summed E-state index contributed by atoms with van der Waals surface area (Å²) in [6.07, 6.45) is 1.22. The van der Waals surface area contributed by atoms with E-state index in [0.717, 1.165) is 19.4 Å². The summed E-state index contributed by atoms with van der Waals surface area (Å²) in [5, 5.41) is 22.0. The Labute approximate surface area is 143 Å². The second-order valence-electron chi connectivity index (χ2n) is 6.25. The minimum atomic E-state index is -0.726. The Kier molecular flexibility index (Phi) is 6.73. The van der Waals surface area contributed by atoms with Crippen LogP contribution in [0.3, 0.4) is 0 Å². The van der Waals surface area contributed by atoms with Crippen molar-refractivity contribution in [1.29, 1.82) is 5.26 Å². The van der Waals surface area contributed by atoms with Crippen molar-refractivity contribution in [3.63, 3.8) is 0 Å². The molecule has 6 nitrogen and oxygen atoms in total. The third-order valence-electron chi connectivity index (χ3n) is 4.26. The number of nitriles is 1. The van der Waals surface area contributed by atoms with E-state index >= 15 is 0 Å². The van der Waals surface area contributed by atoms with Gasteiger partial charge in [-0.1, -0.05) is 13.3 Å². The van der Waals surface area contributed by atoms with Gasteiger partial charge in [-0.15, -0.1) is 0 Å². The highest BCUT2D eigenvalue weighted by atomic mass is 16.5. The lowest BCUT2D eigenvalue weighted by Gasteiger charge is -2.23. The van der Waals surface area contributed by atoms with Crippen molar-refractivity contribution in [3.05, 3.63) is 35.4 Å². The number of nitrogens with one attached hydrogen (secondary N) is 1. The van der Waals surface area contributed by atoms with Crippen LogP contribution in [0.1, 0.15) is 35.7 Å². The lowest BCUT2D eigenvalue weighted by atomic mass is 10.1. The molecule has 1 fully saturated rings. The van der Waals surface area contributed by atoms with Crippen molar-refractivity contribution in [1.82, 2.24) is 10.2 Å². The molecule has 3 unspecified atom stereocenters. The number of nitrogens with zero attached hydrogens (tertiary/aromatic N) is 2. The lowest BCUT2D eigenvalue weighted by Crippen LogP contribution is -2.46. The van der Waals surface area contributed by atoms with Crippen molar-refractivity contribution >= 4 is 5.91 Å². The van der Waals surface area contributed by atoms with Gasteiger partial charge in [-0.05, 0) is 44.3 Å². The van der Waals surface area contributed by atoms with E-state index in [4.69, 9.17) is 10.00 Å². The lowest BCUT2D eigenvalue weighted by molar-refractivity contribution is 0.0199. The van der Waals surface area contributed by atoms with Gasteiger partial charge in [0.05, 0.1) is 30.4 Å². The second kappa shape index (κ2) is 8.78. The summed E-state index contributed by atoms with van der Waals surface area (Å²) in [5.74, 6) is -0.271. The van der Waals surface area contributed by atoms with E-state index in [9.17, 15) is 9.90 Å². The summed E-state index contributed by atoms with van der Waals surface area (Å²) in [6.45, 7) is 4.05. The van der Waals surface area contributed by atoms with Crippen LogP contribution in [0.2, 0.25) is 0 Å². The van der Waals surface area contributed by atoms with Gasteiger partial charge in [-0.2, -0.15) is 5.26 Å². The molecule has 1 aromatic rings. The fraction of sp³-hybridized carbons (Fsp3) is 0.556. The van der Waals surface area contributed by atoms with Crippen LogP contribution in [-0.2, 0) is 4.74 Å². The molecule has 6 heteroatoms. The largest absolute Gasteiger partial charge is 0.388 e. The SMILES string of the molecule is CCCCN(C)CC1OCC(NC(=O)c2ccc(C#N)cc2)C1O. The van der Waals surface area contributed by atoms with Crippen LogP contribution in [-0.4, -0.2) is 60.9 Å². The van der Waals surface area contributed by atoms with Crippen LogP contribution in [0.15, 0.2) is 24.3 Å². The fourth-order valence-corrected chi connectivity index (χ4v) is 2.75. The van der Waals surface area contributed by atoms with Gasteiger partial charge in [0.15, 0.2) is 0 Å². The molecule has 0 aromatic heterocycles. The highest BCUT2D eigenvalue weighted by Crippen LogP contribution is 2.16. The van der Waals surface area contributed by atoms with E-state index in [0.29, 0.717) is 24.3 Å². The van der Waals surface area contributed by atoms with Crippen LogP contribution in [0, 0.1) is 11.3 Å². The fourth-order valence-electron chi connectivity index (χ4n) is 2.75. The molecule has 3 atom stereocenters. The van der Waals surface area contributed by atoms with E-state index in [2.05, 4.69) is 17.1 Å². The third kappa shape index (κ3) is 4.78. The maximum Gasteiger partial charge on any atom is 0.251 e. The number of hydrogen-bond acceptors (Lipinski definition) is 5. The molecule has 24 heavy (non-hydrogen) atoms. The summed E-state index contributed by atoms with van der Waals surface area (Å²) < 4.78 is 5.65. The van der Waals surface area contributed by atoms with E-state index in [1.165, 1.54) is 0 Å². The molecule has 1 aromatic carbocycles. The first-order chi connectivity index (χ1) is 11.5. The molecule has 0 bridgehead atoms. The summed E-state index contributed by atoms with van der Waals surface area (Å²) in [4.78, 5) is 14.4. The first-order valence-corrected chi connectivity index (χ1v) is 8.34. The van der Waals surface area contributed by atoms with Crippen molar-refractivity contribution in [2.75, 3.05) is 26.7 Å². The molecule has 0 spiro atoms. The number of amides is 1. The van der Waals surface area contributed by atoms with E-state index < -0.39 is 12.1 Å². The molecule has 1 amide bonds. The Hall–Kier alpha value is -1.94. The van der Waals surface area contributed by atoms with Gasteiger partial charge < -0.3 is 20.1 Å². The zero-order valence-electron chi connectivity index (χ0n) is 14.2. The molecule has 1 saturated heterocycles. The minimum absolute atomic E-state index is 0.271. The molecule has 1 aliphatic rings. The smallest absolute Gasteiger partial charge is 0.251 e. The Bertz CT molecular complexity index is 582. The van der Waals surface area contributed by atoms with Crippen molar-refractivity contribution in [3.8, 4) is 6.07 Å². The number of carbonyl (C=O) groups is 1. The number of hydrogen-bond donors (Lipinski definition) is 2. The molecule has 2 N–H and O–H groups in total. The number of benzene rings is 1. The van der Waals surface area contributed by atoms with Gasteiger partial charge in [-0.25, -0.2) is 0 Å². The first kappa shape index (κ1) is 18.4. The number of aliphatic hydroxyl groups excluding tert-OH is 1. The number of ether oxygens (including phenoxy) is 1. The molecule has 130 valence electrons. The van der Waals surface area contributed by atoms with E-state index in [-0.39, 0.29) is 12.0 Å². The summed E-state index contributed by atoms with van der Waals surface area (Å²) in [7, 11) is 2.01. The quantitative estimate of drug-likeness (QED) is 0.783. The average Bonchev–Trinajstić information content (AvgIpc) is 2.93. The van der Waals surface area contributed by atoms with E-state index in [1.807, 2.05) is 13.1 Å². The highest BCUT2D eigenvalue weighted by Gasteiger charge is 2.37. The minimum Gasteiger partial charge on any atom is -0.388 e. The maximum absolute atomic E-state index is 12.2. The van der Waals surface area contributed by atoms with Gasteiger partial charge in [0.1, 0.15) is 6.10 Å². The standard InChI is InChI=1S/C18H25N3O3/c1-3-4-9-21(2)11-16-17(22)15(12-24-16)20-18(23)14-7-5-13(10-19)6-8-14/h5-8,15-17,22H,3-4,9,11-12H2,1-2H3,(H,20,23). The van der Waals surface area contributed by atoms with E-state index in [1.54, 1.807) is 24.3 Å². The normalized spacial score (nSPS) is 23.2. The summed E-state index contributed by atoms with van der Waals surface area (Å²) in [5.41, 5.74) is 0.968. The first-order valence-electron chi connectivity index (χ1n) is 8.34. The van der Waals surface area contributed by atoms with Crippen molar-refractivity contribution in [2.24, 2.45) is 0 Å². The molecule has 1 heterocycles. The summed E-state index contributed by atoms with van der Waals surface area (Å²) in [6, 6.07) is 8.00. The molecular weight excluding hydrogens is 306 g/mol. The van der Waals surface area contributed by atoms with Crippen LogP contribution in [0.25, 0.3) is 0 Å². The van der Waals surface area contributed by atoms with Gasteiger partial charge in [-0.3, -0.25) is 4.79 Å². The van der Waals surface area contributed by atoms with Gasteiger partial charge in [0.2, 0.25) is 0 Å². The number of likely N-dealkylation sites (N-methyl/N-ethyl adjacent to an activating group) is 1. The van der Waals surface area contributed by atoms with Crippen LogP contribution in [0.5, 0.6) is 0 Å². The summed E-state index contributed by atoms with van der Waals surface area (Å²) >= 11 is 0. The second-order valence-corrected chi connectivity index (χ2v) is 6.25. The van der Waals surface area contributed by atoms with Crippen molar-refractivity contribution < 1.29 is 14.6 Å². The van der Waals surface area contributed by atoms with Gasteiger partial charge in [0, 0.05) is 12.1 Å². The Morgan fingerprint density at radius 3 is 2.79 bits per heavy atom. The highest BCUT2D eigenvalue weighted by molar-refractivity contribution is 5.94.